The van der Waals surface area contributed by atoms with Crippen LogP contribution in [0.4, 0.5) is 0 Å². The Hall–Kier alpha value is -0.940. The van der Waals surface area contributed by atoms with Crippen LogP contribution in [0.3, 0.4) is 0 Å². The minimum absolute atomic E-state index is 0.281. The molecule has 0 aliphatic carbocycles. The molecule has 1 unspecified atom stereocenters. The van der Waals surface area contributed by atoms with Gasteiger partial charge in [-0.25, -0.2) is 0 Å². The molecule has 0 saturated carbocycles. The fourth-order valence-corrected chi connectivity index (χ4v) is 0.742. The largest absolute Gasteiger partial charge is 0.378 e. The van der Waals surface area contributed by atoms with Crippen molar-refractivity contribution in [3.05, 3.63) is 24.5 Å². The molecule has 1 atom stereocenters. The monoisotopic (exact) mass is 159 g/mol. The maximum atomic E-state index is 10.0. The summed E-state index contributed by atoms with van der Waals surface area (Å²) in [7, 11) is 0. The van der Waals surface area contributed by atoms with Crippen LogP contribution >= 0.6 is 0 Å². The zero-order valence-electron chi connectivity index (χ0n) is 4.93. The van der Waals surface area contributed by atoms with Gasteiger partial charge < -0.3 is 4.18 Å². The van der Waals surface area contributed by atoms with Gasteiger partial charge in [0.15, 0.2) is 5.75 Å². The molecule has 0 spiro atoms. The van der Waals surface area contributed by atoms with E-state index in [0.29, 0.717) is 0 Å². The van der Waals surface area contributed by atoms with Crippen LogP contribution in [0.25, 0.3) is 0 Å². The first kappa shape index (κ1) is 7.17. The van der Waals surface area contributed by atoms with Crippen molar-refractivity contribution in [3.63, 3.8) is 0 Å². The summed E-state index contributed by atoms with van der Waals surface area (Å²) in [5.74, 6) is 0.281. The zero-order valence-corrected chi connectivity index (χ0v) is 5.75. The van der Waals surface area contributed by atoms with Crippen LogP contribution in [-0.4, -0.2) is 13.7 Å². The second-order valence-electron chi connectivity index (χ2n) is 1.49. The number of hydrogen-bond donors (Lipinski definition) is 1. The van der Waals surface area contributed by atoms with E-state index in [2.05, 4.69) is 9.17 Å². The average Bonchev–Trinajstić information content (AvgIpc) is 1.88. The topological polar surface area (TPSA) is 59.4 Å². The Bertz CT molecular complexity index is 226. The Morgan fingerprint density at radius 1 is 1.70 bits per heavy atom. The predicted molar refractivity (Wildman–Crippen MR) is 35.6 cm³/mol. The second kappa shape index (κ2) is 3.28. The fourth-order valence-electron chi connectivity index (χ4n) is 0.479. The highest BCUT2D eigenvalue weighted by Crippen LogP contribution is 2.06. The van der Waals surface area contributed by atoms with Crippen molar-refractivity contribution >= 4 is 11.4 Å². The van der Waals surface area contributed by atoms with E-state index >= 15 is 0 Å². The third-order valence-corrected chi connectivity index (χ3v) is 1.14. The van der Waals surface area contributed by atoms with Gasteiger partial charge in [0.2, 0.25) is 0 Å². The van der Waals surface area contributed by atoms with Crippen LogP contribution in [0.1, 0.15) is 0 Å². The van der Waals surface area contributed by atoms with E-state index in [9.17, 15) is 4.21 Å². The van der Waals surface area contributed by atoms with Crippen molar-refractivity contribution in [2.45, 2.75) is 0 Å². The lowest BCUT2D eigenvalue weighted by molar-refractivity contribution is 0.457. The summed E-state index contributed by atoms with van der Waals surface area (Å²) in [6, 6.07) is 3.16. The van der Waals surface area contributed by atoms with Crippen molar-refractivity contribution in [2.24, 2.45) is 0 Å². The molecule has 1 aromatic rings. The molecular weight excluding hydrogens is 154 g/mol. The lowest BCUT2D eigenvalue weighted by Gasteiger charge is -1.95. The molecule has 1 rings (SSSR count). The maximum absolute atomic E-state index is 10.0. The van der Waals surface area contributed by atoms with E-state index in [-0.39, 0.29) is 5.75 Å². The van der Waals surface area contributed by atoms with Crippen molar-refractivity contribution in [3.8, 4) is 5.75 Å². The molecule has 1 heterocycles. The molecule has 0 amide bonds. The minimum Gasteiger partial charge on any atom is -0.378 e. The smallest absolute Gasteiger partial charge is 0.357 e. The van der Waals surface area contributed by atoms with Crippen molar-refractivity contribution in [1.82, 2.24) is 4.98 Å². The molecule has 0 saturated heterocycles. The lowest BCUT2D eigenvalue weighted by Crippen LogP contribution is -1.96. The van der Waals surface area contributed by atoms with Gasteiger partial charge >= 0.3 is 11.4 Å². The molecule has 1 N–H and O–H groups in total. The average molecular weight is 159 g/mol. The van der Waals surface area contributed by atoms with E-state index in [1.807, 2.05) is 0 Å². The maximum Gasteiger partial charge on any atom is 0.357 e. The molecule has 10 heavy (non-hydrogen) atoms. The molecular formula is C5H5NO3S. The molecule has 0 aliphatic heterocycles. The van der Waals surface area contributed by atoms with Gasteiger partial charge in [-0.15, -0.1) is 0 Å². The standard InChI is InChI=1S/C5H5NO3S/c7-10(8)9-5-2-1-3-6-4-5/h1-4H,(H,7,8). The first-order chi connectivity index (χ1) is 4.79. The van der Waals surface area contributed by atoms with Crippen molar-refractivity contribution in [1.29, 1.82) is 0 Å². The molecule has 4 nitrogen and oxygen atoms in total. The predicted octanol–water partition coefficient (Wildman–Crippen LogP) is 0.597. The molecule has 54 valence electrons. The van der Waals surface area contributed by atoms with Gasteiger partial charge in [0.25, 0.3) is 0 Å². The minimum atomic E-state index is -2.26. The second-order valence-corrected chi connectivity index (χ2v) is 2.09. The van der Waals surface area contributed by atoms with Gasteiger partial charge in [0.05, 0.1) is 6.20 Å². The van der Waals surface area contributed by atoms with Crippen LogP contribution < -0.4 is 4.18 Å². The van der Waals surface area contributed by atoms with Crippen LogP contribution in [-0.2, 0) is 11.4 Å². The Kier molecular flexibility index (Phi) is 2.35. The molecule has 5 heteroatoms. The summed E-state index contributed by atoms with van der Waals surface area (Å²) in [6.07, 6.45) is 2.90. The van der Waals surface area contributed by atoms with Gasteiger partial charge in [0.1, 0.15) is 0 Å². The quantitative estimate of drug-likeness (QED) is 0.642. The van der Waals surface area contributed by atoms with Gasteiger partial charge in [0, 0.05) is 6.20 Å². The number of aromatic nitrogens is 1. The van der Waals surface area contributed by atoms with Crippen molar-refractivity contribution in [2.75, 3.05) is 0 Å². The number of rotatable bonds is 2. The summed E-state index contributed by atoms with van der Waals surface area (Å²) in [6.45, 7) is 0. The van der Waals surface area contributed by atoms with E-state index in [1.54, 1.807) is 18.3 Å². The Morgan fingerprint density at radius 2 is 2.50 bits per heavy atom. The van der Waals surface area contributed by atoms with Crippen LogP contribution in [0.5, 0.6) is 5.75 Å². The third-order valence-electron chi connectivity index (χ3n) is 0.802. The molecule has 0 aromatic carbocycles. The normalized spacial score (nSPS) is 12.5. The third kappa shape index (κ3) is 2.12. The zero-order chi connectivity index (χ0) is 7.40. The number of nitrogens with zero attached hydrogens (tertiary/aromatic N) is 1. The highest BCUT2D eigenvalue weighted by Gasteiger charge is 1.94. The Balaban J connectivity index is 2.67. The Morgan fingerprint density at radius 3 is 3.00 bits per heavy atom. The van der Waals surface area contributed by atoms with E-state index < -0.39 is 11.4 Å². The fraction of sp³-hybridized carbons (Fsp3) is 0. The summed E-state index contributed by atoms with van der Waals surface area (Å²) in [5.41, 5.74) is 0. The first-order valence-electron chi connectivity index (χ1n) is 2.48. The van der Waals surface area contributed by atoms with E-state index in [1.165, 1.54) is 6.20 Å². The first-order valence-corrected chi connectivity index (χ1v) is 3.51. The molecule has 0 bridgehead atoms. The van der Waals surface area contributed by atoms with Crippen LogP contribution in [0.15, 0.2) is 24.5 Å². The highest BCUT2D eigenvalue weighted by atomic mass is 32.2. The summed E-state index contributed by atoms with van der Waals surface area (Å²) >= 11 is -2.26. The van der Waals surface area contributed by atoms with Gasteiger partial charge in [-0.05, 0) is 12.1 Å². The van der Waals surface area contributed by atoms with Gasteiger partial charge in [-0.3, -0.25) is 9.54 Å². The van der Waals surface area contributed by atoms with Gasteiger partial charge in [-0.1, -0.05) is 0 Å². The van der Waals surface area contributed by atoms with Crippen molar-refractivity contribution < 1.29 is 12.9 Å². The molecule has 1 aromatic heterocycles. The SMILES string of the molecule is O=S(O)Oc1cccnc1. The highest BCUT2D eigenvalue weighted by molar-refractivity contribution is 7.74. The summed E-state index contributed by atoms with van der Waals surface area (Å²) < 4.78 is 22.6. The molecule has 0 fully saturated rings. The number of pyridine rings is 1. The van der Waals surface area contributed by atoms with E-state index in [0.717, 1.165) is 0 Å². The van der Waals surface area contributed by atoms with Crippen LogP contribution in [0, 0.1) is 0 Å². The van der Waals surface area contributed by atoms with Gasteiger partial charge in [-0.2, -0.15) is 4.21 Å². The Labute approximate surface area is 60.4 Å². The molecule has 0 radical (unpaired) electrons. The summed E-state index contributed by atoms with van der Waals surface area (Å²) in [4.78, 5) is 3.67. The summed E-state index contributed by atoms with van der Waals surface area (Å²) in [5, 5.41) is 0. The lowest BCUT2D eigenvalue weighted by atomic mass is 10.5. The number of hydrogen-bond acceptors (Lipinski definition) is 3. The van der Waals surface area contributed by atoms with E-state index in [4.69, 9.17) is 4.55 Å². The molecule has 0 aliphatic rings. The van der Waals surface area contributed by atoms with Crippen LogP contribution in [0.2, 0.25) is 0 Å².